The molecule has 1 fully saturated rings. The Morgan fingerprint density at radius 1 is 1.58 bits per heavy atom. The molecular formula is C13H20N2O2S2. The van der Waals surface area contributed by atoms with E-state index in [1.165, 1.54) is 12.8 Å². The van der Waals surface area contributed by atoms with Crippen LogP contribution in [0.4, 0.5) is 0 Å². The molecule has 1 aliphatic carbocycles. The van der Waals surface area contributed by atoms with Gasteiger partial charge >= 0.3 is 0 Å². The van der Waals surface area contributed by atoms with Crippen LogP contribution in [0.5, 0.6) is 0 Å². The highest BCUT2D eigenvalue weighted by molar-refractivity contribution is 7.98. The van der Waals surface area contributed by atoms with E-state index in [9.17, 15) is 4.79 Å². The van der Waals surface area contributed by atoms with Crippen molar-refractivity contribution in [2.45, 2.75) is 50.9 Å². The fourth-order valence-electron chi connectivity index (χ4n) is 2.02. The zero-order valence-electron chi connectivity index (χ0n) is 11.2. The number of amides is 1. The number of hydrogen-bond donors (Lipinski definition) is 1. The molecule has 0 radical (unpaired) electrons. The van der Waals surface area contributed by atoms with Gasteiger partial charge in [-0.3, -0.25) is 9.63 Å². The van der Waals surface area contributed by atoms with E-state index in [-0.39, 0.29) is 12.0 Å². The third-order valence-corrected chi connectivity index (χ3v) is 4.85. The molecule has 0 aromatic carbocycles. The van der Waals surface area contributed by atoms with Crippen LogP contribution < -0.4 is 5.48 Å². The zero-order chi connectivity index (χ0) is 13.5. The Morgan fingerprint density at radius 2 is 2.37 bits per heavy atom. The highest BCUT2D eigenvalue weighted by atomic mass is 32.2. The number of hydroxylamine groups is 1. The fourth-order valence-corrected chi connectivity index (χ4v) is 3.57. The predicted molar refractivity (Wildman–Crippen MR) is 79.1 cm³/mol. The summed E-state index contributed by atoms with van der Waals surface area (Å²) in [5.41, 5.74) is 3.67. The highest BCUT2D eigenvalue weighted by Gasteiger charge is 2.16. The maximum atomic E-state index is 11.6. The Balaban J connectivity index is 1.51. The van der Waals surface area contributed by atoms with Gasteiger partial charge in [0.15, 0.2) is 0 Å². The van der Waals surface area contributed by atoms with E-state index in [1.807, 2.05) is 6.92 Å². The van der Waals surface area contributed by atoms with Gasteiger partial charge in [0, 0.05) is 23.3 Å². The first-order valence-corrected chi connectivity index (χ1v) is 8.70. The normalized spacial score (nSPS) is 15.8. The summed E-state index contributed by atoms with van der Waals surface area (Å²) in [6.45, 7) is 2.01. The van der Waals surface area contributed by atoms with Crippen molar-refractivity contribution >= 4 is 29.0 Å². The van der Waals surface area contributed by atoms with Gasteiger partial charge in [0.05, 0.1) is 16.8 Å². The second-order valence-corrected chi connectivity index (χ2v) is 6.88. The number of carbonyl (C=O) groups excluding carboxylic acids is 1. The molecule has 1 saturated carbocycles. The zero-order valence-corrected chi connectivity index (χ0v) is 12.8. The monoisotopic (exact) mass is 300 g/mol. The first-order chi connectivity index (χ1) is 9.24. The summed E-state index contributed by atoms with van der Waals surface area (Å²) in [5.74, 6) is 1.66. The largest absolute Gasteiger partial charge is 0.273 e. The second-order valence-electron chi connectivity index (χ2n) is 4.71. The number of thiazole rings is 1. The molecule has 0 spiro atoms. The molecule has 0 bridgehead atoms. The molecule has 1 aliphatic rings. The molecular weight excluding hydrogens is 280 g/mol. The molecule has 1 amide bonds. The average Bonchev–Trinajstić information content (AvgIpc) is 3.04. The lowest BCUT2D eigenvalue weighted by Crippen LogP contribution is -2.28. The fraction of sp³-hybridized carbons (Fsp3) is 0.692. The molecule has 0 atom stereocenters. The summed E-state index contributed by atoms with van der Waals surface area (Å²) < 4.78 is 0. The number of rotatable bonds is 7. The highest BCUT2D eigenvalue weighted by Crippen LogP contribution is 2.20. The Bertz CT molecular complexity index is 403. The molecule has 2 rings (SSSR count). The lowest BCUT2D eigenvalue weighted by molar-refractivity contribution is -0.137. The molecule has 6 heteroatoms. The van der Waals surface area contributed by atoms with Gasteiger partial charge in [-0.05, 0) is 19.8 Å². The number of aryl methyl sites for hydroxylation is 1. The van der Waals surface area contributed by atoms with Crippen LogP contribution in [0.25, 0.3) is 0 Å². The van der Waals surface area contributed by atoms with Crippen molar-refractivity contribution in [2.24, 2.45) is 0 Å². The van der Waals surface area contributed by atoms with Crippen molar-refractivity contribution in [1.82, 2.24) is 10.5 Å². The first kappa shape index (κ1) is 14.8. The summed E-state index contributed by atoms with van der Waals surface area (Å²) in [6, 6.07) is 0. The number of aromatic nitrogens is 1. The Labute approximate surface area is 122 Å². The minimum Gasteiger partial charge on any atom is -0.273 e. The number of hydrogen-bond acceptors (Lipinski definition) is 5. The molecule has 19 heavy (non-hydrogen) atoms. The maximum Gasteiger partial charge on any atom is 0.244 e. The minimum atomic E-state index is -0.0196. The van der Waals surface area contributed by atoms with Gasteiger partial charge in [-0.15, -0.1) is 11.3 Å². The van der Waals surface area contributed by atoms with Crippen LogP contribution in [-0.4, -0.2) is 22.7 Å². The van der Waals surface area contributed by atoms with Crippen molar-refractivity contribution < 1.29 is 9.63 Å². The Kier molecular flexibility index (Phi) is 6.13. The van der Waals surface area contributed by atoms with Crippen LogP contribution in [0.3, 0.4) is 0 Å². The molecule has 0 aliphatic heterocycles. The summed E-state index contributed by atoms with van der Waals surface area (Å²) in [5, 5.41) is 3.17. The van der Waals surface area contributed by atoms with Crippen LogP contribution in [0.2, 0.25) is 0 Å². The molecule has 106 valence electrons. The quantitative estimate of drug-likeness (QED) is 0.621. The number of carbonyl (C=O) groups is 1. The van der Waals surface area contributed by atoms with E-state index >= 15 is 0 Å². The Morgan fingerprint density at radius 3 is 3.05 bits per heavy atom. The van der Waals surface area contributed by atoms with Gasteiger partial charge < -0.3 is 0 Å². The van der Waals surface area contributed by atoms with E-state index in [4.69, 9.17) is 4.84 Å². The van der Waals surface area contributed by atoms with E-state index in [1.54, 1.807) is 23.1 Å². The average molecular weight is 300 g/mol. The van der Waals surface area contributed by atoms with E-state index in [0.29, 0.717) is 6.42 Å². The van der Waals surface area contributed by atoms with E-state index in [2.05, 4.69) is 15.8 Å². The second kappa shape index (κ2) is 7.87. The van der Waals surface area contributed by atoms with Crippen molar-refractivity contribution in [3.05, 3.63) is 16.1 Å². The summed E-state index contributed by atoms with van der Waals surface area (Å²) in [4.78, 5) is 21.3. The molecule has 0 saturated heterocycles. The summed E-state index contributed by atoms with van der Waals surface area (Å²) in [6.07, 6.45) is 5.29. The molecule has 1 aromatic rings. The standard InChI is InChI=1S/C13H20N2O2S2/c1-10-14-11(9-19-10)8-18-7-6-13(16)15-17-12-4-2-3-5-12/h9,12H,2-8H2,1H3,(H,15,16). The third kappa shape index (κ3) is 5.50. The third-order valence-electron chi connectivity index (χ3n) is 3.03. The lowest BCUT2D eigenvalue weighted by atomic mass is 10.3. The van der Waals surface area contributed by atoms with Gasteiger partial charge in [-0.25, -0.2) is 10.5 Å². The van der Waals surface area contributed by atoms with Gasteiger partial charge in [-0.2, -0.15) is 11.8 Å². The van der Waals surface area contributed by atoms with Crippen molar-refractivity contribution in [3.8, 4) is 0 Å². The molecule has 1 heterocycles. The molecule has 4 nitrogen and oxygen atoms in total. The SMILES string of the molecule is Cc1nc(CSCCC(=O)NOC2CCCC2)cs1. The van der Waals surface area contributed by atoms with Gasteiger partial charge in [-0.1, -0.05) is 12.8 Å². The summed E-state index contributed by atoms with van der Waals surface area (Å²) in [7, 11) is 0. The number of nitrogens with one attached hydrogen (secondary N) is 1. The van der Waals surface area contributed by atoms with Crippen LogP contribution in [0, 0.1) is 6.92 Å². The molecule has 1 N–H and O–H groups in total. The lowest BCUT2D eigenvalue weighted by Gasteiger charge is -2.10. The van der Waals surface area contributed by atoms with Gasteiger partial charge in [0.25, 0.3) is 0 Å². The first-order valence-electron chi connectivity index (χ1n) is 6.67. The predicted octanol–water partition coefficient (Wildman–Crippen LogP) is 3.07. The van der Waals surface area contributed by atoms with Gasteiger partial charge in [0.2, 0.25) is 5.91 Å². The van der Waals surface area contributed by atoms with Crippen LogP contribution in [0.1, 0.15) is 42.8 Å². The molecule has 0 unspecified atom stereocenters. The van der Waals surface area contributed by atoms with Crippen LogP contribution >= 0.6 is 23.1 Å². The smallest absolute Gasteiger partial charge is 0.244 e. The van der Waals surface area contributed by atoms with E-state index in [0.717, 1.165) is 35.0 Å². The number of thioether (sulfide) groups is 1. The van der Waals surface area contributed by atoms with E-state index < -0.39 is 0 Å². The number of nitrogens with zero attached hydrogens (tertiary/aromatic N) is 1. The minimum absolute atomic E-state index is 0.0196. The topological polar surface area (TPSA) is 51.2 Å². The maximum absolute atomic E-state index is 11.6. The van der Waals surface area contributed by atoms with Gasteiger partial charge in [0.1, 0.15) is 0 Å². The summed E-state index contributed by atoms with van der Waals surface area (Å²) >= 11 is 3.40. The van der Waals surface area contributed by atoms with Crippen molar-refractivity contribution in [3.63, 3.8) is 0 Å². The Hall–Kier alpha value is -0.590. The van der Waals surface area contributed by atoms with Crippen molar-refractivity contribution in [2.75, 3.05) is 5.75 Å². The van der Waals surface area contributed by atoms with Crippen LogP contribution in [-0.2, 0) is 15.4 Å². The molecule has 1 aromatic heterocycles. The van der Waals surface area contributed by atoms with Crippen LogP contribution in [0.15, 0.2) is 5.38 Å². The van der Waals surface area contributed by atoms with Crippen molar-refractivity contribution in [1.29, 1.82) is 0 Å².